The summed E-state index contributed by atoms with van der Waals surface area (Å²) >= 11 is 0. The maximum atomic E-state index is 13.1. The molecule has 6 aliphatic rings. The summed E-state index contributed by atoms with van der Waals surface area (Å²) in [5, 5.41) is 9.60. The lowest BCUT2D eigenvalue weighted by atomic mass is 9.32. The van der Waals surface area contributed by atoms with Gasteiger partial charge in [-0.05, 0) is 161 Å². The molecule has 0 aromatic heterocycles. The van der Waals surface area contributed by atoms with Gasteiger partial charge in [0, 0.05) is 5.41 Å². The normalized spacial score (nSPS) is 41.8. The molecule has 1 heterocycles. The number of carbonyl (C=O) groups excluding carboxylic acids is 2. The van der Waals surface area contributed by atoms with Gasteiger partial charge >= 0.3 is 17.9 Å². The smallest absolute Gasteiger partial charge is 0.356 e. The Balaban J connectivity index is 1.21. The Bertz CT molecular complexity index is 1490. The lowest BCUT2D eigenvalue weighted by Crippen LogP contribution is -2.66. The van der Waals surface area contributed by atoms with Gasteiger partial charge in [0.1, 0.15) is 11.8 Å². The van der Waals surface area contributed by atoms with E-state index in [2.05, 4.69) is 53.1 Å². The van der Waals surface area contributed by atoms with Crippen LogP contribution in [0.15, 0.2) is 28.8 Å². The van der Waals surface area contributed by atoms with Gasteiger partial charge in [0.05, 0.1) is 25.0 Å². The Hall–Kier alpha value is -2.44. The third kappa shape index (κ3) is 5.74. The van der Waals surface area contributed by atoms with Crippen molar-refractivity contribution in [2.75, 3.05) is 13.2 Å². The van der Waals surface area contributed by atoms with E-state index in [-0.39, 0.29) is 45.6 Å². The van der Waals surface area contributed by atoms with Crippen LogP contribution in [0.1, 0.15) is 139 Å². The van der Waals surface area contributed by atoms with E-state index in [1.807, 2.05) is 13.0 Å². The predicted molar refractivity (Wildman–Crippen MR) is 197 cm³/mol. The van der Waals surface area contributed by atoms with Gasteiger partial charge in [0.2, 0.25) is 0 Å². The number of ether oxygens (including phenoxy) is 2. The van der Waals surface area contributed by atoms with Crippen LogP contribution < -0.4 is 0 Å². The predicted octanol–water partition coefficient (Wildman–Crippen LogP) is 9.39. The number of hydrogen-bond acceptors (Lipinski definition) is 6. The molecule has 7 nitrogen and oxygen atoms in total. The van der Waals surface area contributed by atoms with Gasteiger partial charge in [-0.25, -0.2) is 4.79 Å². The lowest BCUT2D eigenvalue weighted by Gasteiger charge is -2.73. The van der Waals surface area contributed by atoms with Gasteiger partial charge in [-0.2, -0.15) is 0 Å². The summed E-state index contributed by atoms with van der Waals surface area (Å²) in [6.07, 6.45) is 13.9. The molecule has 0 spiro atoms. The maximum absolute atomic E-state index is 13.1. The Morgan fingerprint density at radius 2 is 1.66 bits per heavy atom. The van der Waals surface area contributed by atoms with Crippen LogP contribution in [0, 0.1) is 62.1 Å². The van der Waals surface area contributed by atoms with Crippen molar-refractivity contribution in [3.05, 3.63) is 23.8 Å². The fraction of sp³-hybridized carbons (Fsp3) is 0.814. The highest BCUT2D eigenvalue weighted by atomic mass is 16.5. The van der Waals surface area contributed by atoms with E-state index in [0.29, 0.717) is 48.5 Å². The van der Waals surface area contributed by atoms with Crippen LogP contribution >= 0.6 is 0 Å². The van der Waals surface area contributed by atoms with Gasteiger partial charge in [-0.15, -0.1) is 0 Å². The molecule has 0 radical (unpaired) electrons. The minimum absolute atomic E-state index is 0.111. The quantitative estimate of drug-likeness (QED) is 0.191. The Kier molecular flexibility index (Phi) is 9.41. The second-order valence-electron chi connectivity index (χ2n) is 19.8. The Morgan fingerprint density at radius 3 is 2.30 bits per heavy atom. The zero-order chi connectivity index (χ0) is 36.7. The molecule has 5 fully saturated rings. The highest BCUT2D eigenvalue weighted by Gasteiger charge is 2.71. The maximum Gasteiger partial charge on any atom is 0.356 e. The average molecular weight is 692 g/mol. The van der Waals surface area contributed by atoms with Crippen LogP contribution in [0.2, 0.25) is 0 Å². The Morgan fingerprint density at radius 1 is 0.940 bits per heavy atom. The fourth-order valence-corrected chi connectivity index (χ4v) is 13.6. The Labute approximate surface area is 301 Å². The number of carbonyl (C=O) groups is 3. The lowest BCUT2D eigenvalue weighted by molar-refractivity contribution is -0.251. The molecule has 6 rings (SSSR count). The van der Waals surface area contributed by atoms with E-state index < -0.39 is 17.4 Å². The van der Waals surface area contributed by atoms with Crippen LogP contribution in [0.25, 0.3) is 0 Å². The zero-order valence-electron chi connectivity index (χ0n) is 32.6. The number of fused-ring (bicyclic) bond motifs is 7. The van der Waals surface area contributed by atoms with Gasteiger partial charge < -0.3 is 14.6 Å². The second-order valence-corrected chi connectivity index (χ2v) is 19.8. The largest absolute Gasteiger partial charge is 0.481 e. The van der Waals surface area contributed by atoms with Crippen molar-refractivity contribution < 1.29 is 29.0 Å². The molecular formula is C43H65NO6. The summed E-state index contributed by atoms with van der Waals surface area (Å²) in [7, 11) is 0. The summed E-state index contributed by atoms with van der Waals surface area (Å²) in [6, 6.07) is 0. The fourth-order valence-electron chi connectivity index (χ4n) is 13.6. The first-order valence-electron chi connectivity index (χ1n) is 19.7. The zero-order valence-corrected chi connectivity index (χ0v) is 32.6. The van der Waals surface area contributed by atoms with Gasteiger partial charge in [0.25, 0.3) is 0 Å². The monoisotopic (exact) mass is 691 g/mol. The van der Waals surface area contributed by atoms with Gasteiger partial charge in [-0.3, -0.25) is 14.6 Å². The first kappa shape index (κ1) is 37.3. The molecule has 7 heteroatoms. The molecular weight excluding hydrogens is 626 g/mol. The third-order valence-corrected chi connectivity index (χ3v) is 16.5. The number of aliphatic carboxylic acids is 1. The number of hydrogen-bond donors (Lipinski definition) is 1. The highest BCUT2D eigenvalue weighted by Crippen LogP contribution is 2.78. The first-order chi connectivity index (χ1) is 23.2. The number of nitrogens with zero attached hydrogens (tertiary/aromatic N) is 1. The van der Waals surface area contributed by atoms with Gasteiger partial charge in [0.15, 0.2) is 0 Å². The third-order valence-electron chi connectivity index (χ3n) is 16.5. The topological polar surface area (TPSA) is 102 Å². The molecule has 0 aromatic carbocycles. The highest BCUT2D eigenvalue weighted by molar-refractivity contribution is 6.41. The summed E-state index contributed by atoms with van der Waals surface area (Å²) in [5.74, 6) is 1.08. The number of carboxylic acids is 1. The van der Waals surface area contributed by atoms with Crippen molar-refractivity contribution in [3.63, 3.8) is 0 Å². The van der Waals surface area contributed by atoms with E-state index in [4.69, 9.17) is 9.47 Å². The molecule has 5 aliphatic carbocycles. The first-order valence-corrected chi connectivity index (χ1v) is 19.7. The van der Waals surface area contributed by atoms with Crippen molar-refractivity contribution in [3.8, 4) is 0 Å². The van der Waals surface area contributed by atoms with E-state index in [9.17, 15) is 19.5 Å². The van der Waals surface area contributed by atoms with Crippen LogP contribution in [0.4, 0.5) is 0 Å². The molecule has 0 aromatic rings. The van der Waals surface area contributed by atoms with Crippen molar-refractivity contribution in [2.24, 2.45) is 67.1 Å². The van der Waals surface area contributed by atoms with Crippen LogP contribution in [0.5, 0.6) is 0 Å². The van der Waals surface area contributed by atoms with Gasteiger partial charge in [-0.1, -0.05) is 46.8 Å². The van der Waals surface area contributed by atoms with E-state index in [1.54, 1.807) is 13.8 Å². The molecule has 0 saturated heterocycles. The number of carboxylic acid groups (broad SMARTS) is 1. The summed E-state index contributed by atoms with van der Waals surface area (Å²) in [5.41, 5.74) is 2.31. The molecule has 1 aliphatic heterocycles. The van der Waals surface area contributed by atoms with Crippen LogP contribution in [-0.2, 0) is 23.9 Å². The molecule has 1 N–H and O–H groups in total. The molecule has 5 saturated carbocycles. The number of rotatable bonds is 9. The molecule has 50 heavy (non-hydrogen) atoms. The molecule has 0 amide bonds. The van der Waals surface area contributed by atoms with Crippen LogP contribution in [-0.4, -0.2) is 48.0 Å². The summed E-state index contributed by atoms with van der Waals surface area (Å²) in [4.78, 5) is 42.0. The second kappa shape index (κ2) is 12.6. The number of esters is 2. The standard InChI is InChI=1S/C43H65NO6/c1-26(2)28-13-18-43(21-22-49-36(46)30-23-27(3)25-44-30)20-19-41(9)29(35(28)43)11-12-32-40(8)16-15-33(50-34(45)24-38(4,5)37(47)48)39(6,7)31(40)14-17-42(32,41)10/h23,28-29,31-33,35H,1,11-22,24-25H2,2-10H3,(H,47,48)/t28-,29+,31-,32+,33-,35+,40-,41+,42+,43+/m0/s1. The van der Waals surface area contributed by atoms with E-state index in [0.717, 1.165) is 31.3 Å². The molecule has 10 atom stereocenters. The SMILES string of the molecule is C=C(C)[C@@H]1CC[C@]2(CCOC(=O)C3=NCC(C)=C3)CC[C@]3(C)[C@H](CC[C@@H]4[C@@]5(C)CC[C@H](OC(=O)CC(C)(C)C(=O)O)C(C)(C)[C@@H]5CC[C@]43C)[C@@H]12. The van der Waals surface area contributed by atoms with E-state index >= 15 is 0 Å². The average Bonchev–Trinajstić information content (AvgIpc) is 3.63. The summed E-state index contributed by atoms with van der Waals surface area (Å²) < 4.78 is 12.1. The molecule has 0 bridgehead atoms. The van der Waals surface area contributed by atoms with Crippen LogP contribution in [0.3, 0.4) is 0 Å². The molecule has 278 valence electrons. The summed E-state index contributed by atoms with van der Waals surface area (Å²) in [6.45, 7) is 25.5. The van der Waals surface area contributed by atoms with E-state index in [1.165, 1.54) is 50.5 Å². The van der Waals surface area contributed by atoms with Crippen molar-refractivity contribution >= 4 is 23.6 Å². The van der Waals surface area contributed by atoms with Crippen molar-refractivity contribution in [1.29, 1.82) is 0 Å². The number of allylic oxidation sites excluding steroid dienone is 1. The minimum atomic E-state index is -1.14. The number of aliphatic imine (C=N–C) groups is 1. The molecule has 0 unspecified atom stereocenters. The van der Waals surface area contributed by atoms with Crippen molar-refractivity contribution in [1.82, 2.24) is 0 Å². The minimum Gasteiger partial charge on any atom is -0.481 e. The van der Waals surface area contributed by atoms with Crippen molar-refractivity contribution in [2.45, 2.75) is 145 Å².